The fourth-order valence-corrected chi connectivity index (χ4v) is 5.73. The van der Waals surface area contributed by atoms with Crippen LogP contribution in [-0.2, 0) is 11.3 Å². The van der Waals surface area contributed by atoms with Crippen molar-refractivity contribution in [3.05, 3.63) is 38.7 Å². The summed E-state index contributed by atoms with van der Waals surface area (Å²) in [6.07, 6.45) is 3.43. The molecule has 1 N–H and O–H groups in total. The number of aliphatic hydroxyl groups excluding tert-OH is 1. The highest BCUT2D eigenvalue weighted by molar-refractivity contribution is 7.99. The van der Waals surface area contributed by atoms with Crippen LogP contribution in [0.5, 0.6) is 0 Å². The van der Waals surface area contributed by atoms with Gasteiger partial charge in [0.05, 0.1) is 29.3 Å². The molecule has 0 aromatic carbocycles. The number of anilines is 1. The number of hydrogen-bond donors (Lipinski definition) is 1. The second-order valence-electron chi connectivity index (χ2n) is 8.02. The van der Waals surface area contributed by atoms with Gasteiger partial charge in [0.15, 0.2) is 5.82 Å². The SMILES string of the molecule is C#[N+][C@@H]1[C@H](C)OCC12CCN(c1nc(C)c(Sc3ccnc(Cl)c3Cl)nc1CO)CC2. The summed E-state index contributed by atoms with van der Waals surface area (Å²) >= 11 is 13.6. The zero-order valence-corrected chi connectivity index (χ0v) is 19.7. The molecule has 0 saturated carbocycles. The minimum atomic E-state index is -0.205. The predicted molar refractivity (Wildman–Crippen MR) is 122 cm³/mol. The molecule has 2 aliphatic heterocycles. The van der Waals surface area contributed by atoms with Gasteiger partial charge in [-0.3, -0.25) is 0 Å². The fraction of sp³-hybridized carbons (Fsp3) is 0.524. The second kappa shape index (κ2) is 9.08. The third kappa shape index (κ3) is 4.22. The van der Waals surface area contributed by atoms with Gasteiger partial charge in [0.25, 0.3) is 6.57 Å². The van der Waals surface area contributed by atoms with Gasteiger partial charge in [-0.2, -0.15) is 0 Å². The van der Waals surface area contributed by atoms with Gasteiger partial charge in [-0.1, -0.05) is 39.8 Å². The molecule has 0 amide bonds. The highest BCUT2D eigenvalue weighted by atomic mass is 35.5. The first-order valence-electron chi connectivity index (χ1n) is 10.1. The molecule has 2 aromatic rings. The van der Waals surface area contributed by atoms with Crippen molar-refractivity contribution in [1.29, 1.82) is 0 Å². The van der Waals surface area contributed by atoms with Crippen LogP contribution >= 0.6 is 35.0 Å². The zero-order valence-electron chi connectivity index (χ0n) is 17.4. The van der Waals surface area contributed by atoms with Crippen molar-refractivity contribution in [2.75, 3.05) is 24.6 Å². The van der Waals surface area contributed by atoms with Crippen LogP contribution in [0.15, 0.2) is 22.2 Å². The Hall–Kier alpha value is -1.63. The predicted octanol–water partition coefficient (Wildman–Crippen LogP) is 4.47. The topological polar surface area (TPSA) is 75.7 Å². The number of aromatic nitrogens is 3. The van der Waals surface area contributed by atoms with Gasteiger partial charge >= 0.3 is 6.04 Å². The summed E-state index contributed by atoms with van der Waals surface area (Å²) in [6, 6.07) is 1.79. The molecule has 2 fully saturated rings. The highest BCUT2D eigenvalue weighted by Gasteiger charge is 2.56. The Bertz CT molecular complexity index is 1020. The lowest BCUT2D eigenvalue weighted by Crippen LogP contribution is -2.46. The zero-order chi connectivity index (χ0) is 22.2. The van der Waals surface area contributed by atoms with Gasteiger partial charge in [-0.25, -0.2) is 15.0 Å². The molecule has 0 aliphatic carbocycles. The van der Waals surface area contributed by atoms with Gasteiger partial charge in [-0.15, -0.1) is 0 Å². The number of ether oxygens (including phenoxy) is 1. The maximum atomic E-state index is 10.0. The second-order valence-corrected chi connectivity index (χ2v) is 9.78. The van der Waals surface area contributed by atoms with E-state index in [1.165, 1.54) is 11.8 Å². The number of halogens is 2. The third-order valence-electron chi connectivity index (χ3n) is 6.17. The van der Waals surface area contributed by atoms with Gasteiger partial charge in [0.1, 0.15) is 22.0 Å². The lowest BCUT2D eigenvalue weighted by Gasteiger charge is -2.38. The van der Waals surface area contributed by atoms with Crippen LogP contribution in [0.4, 0.5) is 5.82 Å². The smallest absolute Gasteiger partial charge is 0.305 e. The molecular formula is C21H24Cl2N5O2S+. The van der Waals surface area contributed by atoms with E-state index in [0.29, 0.717) is 28.2 Å². The Balaban J connectivity index is 1.56. The normalized spacial score (nSPS) is 22.6. The van der Waals surface area contributed by atoms with Crippen LogP contribution in [-0.4, -0.2) is 51.9 Å². The molecule has 31 heavy (non-hydrogen) atoms. The van der Waals surface area contributed by atoms with Gasteiger partial charge in [0.2, 0.25) is 0 Å². The van der Waals surface area contributed by atoms with Crippen molar-refractivity contribution >= 4 is 40.8 Å². The van der Waals surface area contributed by atoms with Crippen molar-refractivity contribution in [3.8, 4) is 6.57 Å². The largest absolute Gasteiger partial charge is 0.390 e. The third-order valence-corrected chi connectivity index (χ3v) is 8.19. The molecule has 2 aromatic heterocycles. The van der Waals surface area contributed by atoms with E-state index in [2.05, 4.69) is 19.7 Å². The molecular weight excluding hydrogens is 457 g/mol. The number of hydrogen-bond acceptors (Lipinski definition) is 7. The number of aryl methyl sites for hydroxylation is 1. The first-order chi connectivity index (χ1) is 14.9. The summed E-state index contributed by atoms with van der Waals surface area (Å²) in [5.74, 6) is 0.714. The average Bonchev–Trinajstić information content (AvgIpc) is 3.07. The lowest BCUT2D eigenvalue weighted by molar-refractivity contribution is 0.0975. The molecule has 0 radical (unpaired) electrons. The quantitative estimate of drug-likeness (QED) is 0.646. The Morgan fingerprint density at radius 2 is 2.10 bits per heavy atom. The van der Waals surface area contributed by atoms with Crippen molar-refractivity contribution in [2.24, 2.45) is 5.41 Å². The molecule has 2 saturated heterocycles. The molecule has 0 unspecified atom stereocenters. The van der Waals surface area contributed by atoms with E-state index < -0.39 is 0 Å². The Morgan fingerprint density at radius 1 is 1.35 bits per heavy atom. The van der Waals surface area contributed by atoms with Gasteiger partial charge < -0.3 is 14.7 Å². The highest BCUT2D eigenvalue weighted by Crippen LogP contribution is 2.45. The first kappa shape index (κ1) is 22.6. The summed E-state index contributed by atoms with van der Waals surface area (Å²) < 4.78 is 5.86. The van der Waals surface area contributed by atoms with Crippen LogP contribution in [0.2, 0.25) is 10.2 Å². The monoisotopic (exact) mass is 480 g/mol. The lowest BCUT2D eigenvalue weighted by atomic mass is 9.73. The maximum Gasteiger partial charge on any atom is 0.305 e. The van der Waals surface area contributed by atoms with Gasteiger partial charge in [0, 0.05) is 24.2 Å². The fourth-order valence-electron chi connectivity index (χ4n) is 4.42. The maximum absolute atomic E-state index is 10.0. The van der Waals surface area contributed by atoms with E-state index in [1.54, 1.807) is 12.3 Å². The Labute approximate surface area is 196 Å². The van der Waals surface area contributed by atoms with E-state index in [-0.39, 0.29) is 29.3 Å². The van der Waals surface area contributed by atoms with Crippen molar-refractivity contribution in [1.82, 2.24) is 15.0 Å². The summed E-state index contributed by atoms with van der Waals surface area (Å²) in [6.45, 7) is 11.7. The Morgan fingerprint density at radius 3 is 2.77 bits per heavy atom. The Kier molecular flexibility index (Phi) is 6.61. The van der Waals surface area contributed by atoms with E-state index >= 15 is 0 Å². The average molecular weight is 481 g/mol. The van der Waals surface area contributed by atoms with Crippen molar-refractivity contribution in [3.63, 3.8) is 0 Å². The van der Waals surface area contributed by atoms with Crippen LogP contribution in [0.25, 0.3) is 4.85 Å². The number of aliphatic hydroxyl groups is 1. The number of pyridine rings is 1. The van der Waals surface area contributed by atoms with E-state index in [4.69, 9.17) is 39.5 Å². The molecule has 4 heterocycles. The molecule has 164 valence electrons. The van der Waals surface area contributed by atoms with Crippen LogP contribution in [0.3, 0.4) is 0 Å². The summed E-state index contributed by atoms with van der Waals surface area (Å²) in [7, 11) is 0. The minimum absolute atomic E-state index is 0.00972. The van der Waals surface area contributed by atoms with E-state index in [1.807, 2.05) is 13.8 Å². The summed E-state index contributed by atoms with van der Waals surface area (Å²) in [5, 5.41) is 11.3. The van der Waals surface area contributed by atoms with E-state index in [9.17, 15) is 5.11 Å². The summed E-state index contributed by atoms with van der Waals surface area (Å²) in [5.41, 5.74) is 1.27. The van der Waals surface area contributed by atoms with Crippen LogP contribution in [0, 0.1) is 18.9 Å². The molecule has 0 bridgehead atoms. The van der Waals surface area contributed by atoms with Gasteiger partial charge in [-0.05, 0) is 32.8 Å². The molecule has 4 rings (SSSR count). The van der Waals surface area contributed by atoms with E-state index in [0.717, 1.165) is 36.5 Å². The molecule has 2 aliphatic rings. The number of rotatable bonds is 4. The minimum Gasteiger partial charge on any atom is -0.390 e. The summed E-state index contributed by atoms with van der Waals surface area (Å²) in [4.78, 5) is 20.5. The standard InChI is InChI=1S/C21H24Cl2N5O2S/c1-12-20(31-15-4-7-25-18(23)16(15)22)27-14(10-29)19(26-12)28-8-5-21(6-9-28)11-30-13(2)17(21)24-3/h3-4,7,13,17,29H,5-6,8-11H2,1-2H3/q+1/t13-,17+/m0/s1. The van der Waals surface area contributed by atoms with Crippen molar-refractivity contribution in [2.45, 2.75) is 55.4 Å². The number of piperidine rings is 1. The molecule has 2 atom stereocenters. The van der Waals surface area contributed by atoms with Crippen molar-refractivity contribution < 1.29 is 9.84 Å². The molecule has 10 heteroatoms. The number of nitrogens with zero attached hydrogens (tertiary/aromatic N) is 5. The molecule has 1 spiro atoms. The van der Waals surface area contributed by atoms with Crippen LogP contribution < -0.4 is 4.90 Å². The van der Waals surface area contributed by atoms with Crippen LogP contribution in [0.1, 0.15) is 31.2 Å². The molecule has 7 nitrogen and oxygen atoms in total. The first-order valence-corrected chi connectivity index (χ1v) is 11.7.